The van der Waals surface area contributed by atoms with E-state index in [2.05, 4.69) is 16.5 Å². The first-order valence-electron chi connectivity index (χ1n) is 6.67. The minimum absolute atomic E-state index is 0.0186. The molecule has 0 spiro atoms. The summed E-state index contributed by atoms with van der Waals surface area (Å²) in [6, 6.07) is 3.39. The third kappa shape index (κ3) is 4.73. The molecular formula is C13H22FN3O2S. The normalized spacial score (nSPS) is 12.0. The molecule has 0 atom stereocenters. The fraction of sp³-hybridized carbons (Fsp3) is 0.538. The van der Waals surface area contributed by atoms with Crippen LogP contribution < -0.4 is 10.5 Å². The summed E-state index contributed by atoms with van der Waals surface area (Å²) in [7, 11) is -3.64. The molecule has 114 valence electrons. The zero-order valence-corrected chi connectivity index (χ0v) is 12.7. The van der Waals surface area contributed by atoms with Crippen LogP contribution in [0.15, 0.2) is 23.1 Å². The predicted molar refractivity (Wildman–Crippen MR) is 78.4 cm³/mol. The largest absolute Gasteiger partial charge is 0.396 e. The summed E-state index contributed by atoms with van der Waals surface area (Å²) in [5.74, 6) is -0.621. The molecule has 1 rings (SSSR count). The number of hydrogen-bond acceptors (Lipinski definition) is 4. The molecule has 0 bridgehead atoms. The molecule has 0 saturated carbocycles. The van der Waals surface area contributed by atoms with Gasteiger partial charge in [0, 0.05) is 13.1 Å². The molecule has 1 aromatic carbocycles. The maximum Gasteiger partial charge on any atom is 0.240 e. The van der Waals surface area contributed by atoms with Crippen molar-refractivity contribution in [3.8, 4) is 0 Å². The smallest absolute Gasteiger partial charge is 0.240 e. The molecule has 0 radical (unpaired) electrons. The highest BCUT2D eigenvalue weighted by Gasteiger charge is 2.15. The van der Waals surface area contributed by atoms with Crippen molar-refractivity contribution in [2.24, 2.45) is 0 Å². The molecule has 0 saturated heterocycles. The maximum atomic E-state index is 13.0. The summed E-state index contributed by atoms with van der Waals surface area (Å²) in [5.41, 5.74) is 5.21. The van der Waals surface area contributed by atoms with Crippen LogP contribution in [0.25, 0.3) is 0 Å². The molecule has 0 unspecified atom stereocenters. The van der Waals surface area contributed by atoms with E-state index in [-0.39, 0.29) is 10.6 Å². The lowest BCUT2D eigenvalue weighted by Gasteiger charge is -2.19. The van der Waals surface area contributed by atoms with Crippen molar-refractivity contribution in [2.75, 3.05) is 31.9 Å². The molecule has 0 aliphatic carbocycles. The SMILES string of the molecule is CCCN(CC)CCNS(=O)(=O)c1ccc(F)c(N)c1. The molecular weight excluding hydrogens is 281 g/mol. The second-order valence-corrected chi connectivity index (χ2v) is 6.28. The Hall–Kier alpha value is -1.18. The summed E-state index contributed by atoms with van der Waals surface area (Å²) in [4.78, 5) is 2.14. The van der Waals surface area contributed by atoms with Gasteiger partial charge in [-0.1, -0.05) is 13.8 Å². The number of halogens is 1. The lowest BCUT2D eigenvalue weighted by molar-refractivity contribution is 0.293. The van der Waals surface area contributed by atoms with Crippen molar-refractivity contribution in [2.45, 2.75) is 25.2 Å². The Morgan fingerprint density at radius 3 is 2.55 bits per heavy atom. The van der Waals surface area contributed by atoms with Crippen LogP contribution in [-0.4, -0.2) is 39.5 Å². The first kappa shape index (κ1) is 16.9. The van der Waals surface area contributed by atoms with E-state index in [0.717, 1.165) is 31.6 Å². The topological polar surface area (TPSA) is 75.4 Å². The van der Waals surface area contributed by atoms with Gasteiger partial charge < -0.3 is 10.6 Å². The average molecular weight is 303 g/mol. The Bertz CT molecular complexity index is 534. The van der Waals surface area contributed by atoms with Crippen molar-refractivity contribution in [1.82, 2.24) is 9.62 Å². The van der Waals surface area contributed by atoms with E-state index in [4.69, 9.17) is 5.73 Å². The molecule has 0 aliphatic rings. The minimum Gasteiger partial charge on any atom is -0.396 e. The molecule has 0 fully saturated rings. The lowest BCUT2D eigenvalue weighted by Crippen LogP contribution is -2.35. The van der Waals surface area contributed by atoms with Gasteiger partial charge in [-0.3, -0.25) is 0 Å². The van der Waals surface area contributed by atoms with Gasteiger partial charge in [0.2, 0.25) is 10.0 Å². The van der Waals surface area contributed by atoms with Crippen molar-refractivity contribution < 1.29 is 12.8 Å². The van der Waals surface area contributed by atoms with Gasteiger partial charge in [0.25, 0.3) is 0 Å². The predicted octanol–water partition coefficient (Wildman–Crippen LogP) is 1.42. The summed E-state index contributed by atoms with van der Waals surface area (Å²) in [5, 5.41) is 0. The lowest BCUT2D eigenvalue weighted by atomic mass is 10.3. The molecule has 1 aromatic rings. The molecule has 3 N–H and O–H groups in total. The zero-order chi connectivity index (χ0) is 15.2. The van der Waals surface area contributed by atoms with Crippen molar-refractivity contribution >= 4 is 15.7 Å². The van der Waals surface area contributed by atoms with Crippen molar-refractivity contribution in [1.29, 1.82) is 0 Å². The quantitative estimate of drug-likeness (QED) is 0.712. The van der Waals surface area contributed by atoms with Crippen LogP contribution in [0.5, 0.6) is 0 Å². The highest BCUT2D eigenvalue weighted by atomic mass is 32.2. The number of hydrogen-bond donors (Lipinski definition) is 2. The van der Waals surface area contributed by atoms with Gasteiger partial charge in [0.1, 0.15) is 5.82 Å². The number of rotatable bonds is 8. The first-order valence-corrected chi connectivity index (χ1v) is 8.16. The van der Waals surface area contributed by atoms with Crippen LogP contribution in [0, 0.1) is 5.82 Å². The summed E-state index contributed by atoms with van der Waals surface area (Å²) in [6.07, 6.45) is 1.02. The molecule has 7 heteroatoms. The Labute approximate surface area is 120 Å². The van der Waals surface area contributed by atoms with Gasteiger partial charge in [-0.25, -0.2) is 17.5 Å². The van der Waals surface area contributed by atoms with Crippen LogP contribution in [0.2, 0.25) is 0 Å². The third-order valence-corrected chi connectivity index (χ3v) is 4.44. The number of nitrogen functional groups attached to an aromatic ring is 1. The van der Waals surface area contributed by atoms with Crippen LogP contribution in [0.3, 0.4) is 0 Å². The number of sulfonamides is 1. The maximum absolute atomic E-state index is 13.0. The monoisotopic (exact) mass is 303 g/mol. The van der Waals surface area contributed by atoms with Crippen LogP contribution in [0.1, 0.15) is 20.3 Å². The van der Waals surface area contributed by atoms with Crippen LogP contribution in [-0.2, 0) is 10.0 Å². The number of nitrogens with two attached hydrogens (primary N) is 1. The Kier molecular flexibility index (Phi) is 6.38. The van der Waals surface area contributed by atoms with E-state index in [9.17, 15) is 12.8 Å². The van der Waals surface area contributed by atoms with Gasteiger partial charge >= 0.3 is 0 Å². The van der Waals surface area contributed by atoms with E-state index in [1.807, 2.05) is 6.92 Å². The average Bonchev–Trinajstić information content (AvgIpc) is 2.40. The van der Waals surface area contributed by atoms with E-state index >= 15 is 0 Å². The standard InChI is InChI=1S/C13H22FN3O2S/c1-3-8-17(4-2)9-7-16-20(18,19)11-5-6-12(14)13(15)10-11/h5-6,10,16H,3-4,7-9,15H2,1-2H3. The fourth-order valence-electron chi connectivity index (χ4n) is 1.85. The molecule has 0 aliphatic heterocycles. The Morgan fingerprint density at radius 1 is 1.30 bits per heavy atom. The number of anilines is 1. The summed E-state index contributed by atoms with van der Waals surface area (Å²) < 4.78 is 39.6. The molecule has 0 amide bonds. The van der Waals surface area contributed by atoms with Crippen molar-refractivity contribution in [3.05, 3.63) is 24.0 Å². The first-order chi connectivity index (χ1) is 9.40. The van der Waals surface area contributed by atoms with Gasteiger partial charge in [-0.2, -0.15) is 0 Å². The van der Waals surface area contributed by atoms with Crippen LogP contribution >= 0.6 is 0 Å². The van der Waals surface area contributed by atoms with Gasteiger partial charge in [-0.05, 0) is 37.7 Å². The number of nitrogens with zero attached hydrogens (tertiary/aromatic N) is 1. The number of benzene rings is 1. The van der Waals surface area contributed by atoms with Gasteiger partial charge in [0.05, 0.1) is 10.6 Å². The zero-order valence-electron chi connectivity index (χ0n) is 11.9. The van der Waals surface area contributed by atoms with E-state index in [1.165, 1.54) is 6.07 Å². The van der Waals surface area contributed by atoms with Gasteiger partial charge in [0.15, 0.2) is 0 Å². The van der Waals surface area contributed by atoms with Crippen LogP contribution in [0.4, 0.5) is 10.1 Å². The van der Waals surface area contributed by atoms with E-state index < -0.39 is 15.8 Å². The van der Waals surface area contributed by atoms with E-state index in [1.54, 1.807) is 0 Å². The van der Waals surface area contributed by atoms with E-state index in [0.29, 0.717) is 13.1 Å². The van der Waals surface area contributed by atoms with Crippen molar-refractivity contribution in [3.63, 3.8) is 0 Å². The number of nitrogens with one attached hydrogen (secondary N) is 1. The number of likely N-dealkylation sites (N-methyl/N-ethyl adjacent to an activating group) is 1. The molecule has 5 nitrogen and oxygen atoms in total. The Morgan fingerprint density at radius 2 is 2.00 bits per heavy atom. The summed E-state index contributed by atoms with van der Waals surface area (Å²) in [6.45, 7) is 6.87. The summed E-state index contributed by atoms with van der Waals surface area (Å²) >= 11 is 0. The molecule has 20 heavy (non-hydrogen) atoms. The molecule has 0 heterocycles. The second-order valence-electron chi connectivity index (χ2n) is 4.52. The Balaban J connectivity index is 2.63. The molecule has 0 aromatic heterocycles. The van der Waals surface area contributed by atoms with Gasteiger partial charge in [-0.15, -0.1) is 0 Å². The highest BCUT2D eigenvalue weighted by Crippen LogP contribution is 2.16. The third-order valence-electron chi connectivity index (χ3n) is 2.98. The second kappa shape index (κ2) is 7.56. The fourth-order valence-corrected chi connectivity index (χ4v) is 2.91. The minimum atomic E-state index is -3.64. The highest BCUT2D eigenvalue weighted by molar-refractivity contribution is 7.89.